The highest BCUT2D eigenvalue weighted by molar-refractivity contribution is 7.16. The molecule has 0 aromatic carbocycles. The molecule has 0 radical (unpaired) electrons. The van der Waals surface area contributed by atoms with E-state index in [9.17, 15) is 9.59 Å². The average molecular weight is 380 g/mol. The molecule has 3 rings (SSSR count). The molecule has 10 heteroatoms. The average Bonchev–Trinajstić information content (AvgIpc) is 3.19. The monoisotopic (exact) mass is 379 g/mol. The fourth-order valence-corrected chi connectivity index (χ4v) is 3.19. The van der Waals surface area contributed by atoms with Gasteiger partial charge in [-0.15, -0.1) is 16.4 Å². The summed E-state index contributed by atoms with van der Waals surface area (Å²) in [7, 11) is 1.63. The van der Waals surface area contributed by atoms with E-state index in [0.29, 0.717) is 16.7 Å². The molecule has 8 nitrogen and oxygen atoms in total. The Morgan fingerprint density at radius 3 is 2.84 bits per heavy atom. The number of hydrogen-bond donors (Lipinski definition) is 0. The molecule has 0 N–H and O–H groups in total. The number of esters is 1. The molecule has 0 fully saturated rings. The first-order valence-electron chi connectivity index (χ1n) is 7.27. The van der Waals surface area contributed by atoms with Gasteiger partial charge in [-0.25, -0.2) is 14.3 Å². The highest BCUT2D eigenvalue weighted by atomic mass is 35.5. The van der Waals surface area contributed by atoms with E-state index in [-0.39, 0.29) is 11.7 Å². The maximum absolute atomic E-state index is 12.1. The zero-order valence-corrected chi connectivity index (χ0v) is 15.0. The lowest BCUT2D eigenvalue weighted by Crippen LogP contribution is -2.30. The molecular formula is C15H14ClN5O3S. The number of nitrogens with zero attached hydrogens (tertiary/aromatic N) is 5. The Kier molecular flexibility index (Phi) is 4.95. The predicted molar refractivity (Wildman–Crippen MR) is 91.6 cm³/mol. The van der Waals surface area contributed by atoms with Gasteiger partial charge in [-0.3, -0.25) is 4.79 Å². The third kappa shape index (κ3) is 3.94. The van der Waals surface area contributed by atoms with Gasteiger partial charge >= 0.3 is 5.97 Å². The Morgan fingerprint density at radius 1 is 1.36 bits per heavy atom. The molecule has 3 aromatic heterocycles. The van der Waals surface area contributed by atoms with Gasteiger partial charge in [0.25, 0.3) is 17.5 Å². The highest BCUT2D eigenvalue weighted by Gasteiger charge is 2.19. The van der Waals surface area contributed by atoms with Gasteiger partial charge in [0.2, 0.25) is 0 Å². The number of carbonyl (C=O) groups is 2. The number of ether oxygens (including phenoxy) is 1. The van der Waals surface area contributed by atoms with E-state index in [1.54, 1.807) is 25.4 Å². The number of aromatic nitrogens is 4. The van der Waals surface area contributed by atoms with Crippen LogP contribution in [0.4, 0.5) is 0 Å². The van der Waals surface area contributed by atoms with Gasteiger partial charge in [-0.05, 0) is 25.1 Å². The van der Waals surface area contributed by atoms with Crippen LogP contribution in [0.15, 0.2) is 24.4 Å². The molecule has 0 aliphatic heterocycles. The third-order valence-electron chi connectivity index (χ3n) is 3.39. The quantitative estimate of drug-likeness (QED) is 0.629. The molecule has 130 valence electrons. The van der Waals surface area contributed by atoms with Gasteiger partial charge in [0.1, 0.15) is 0 Å². The van der Waals surface area contributed by atoms with Gasteiger partial charge in [-0.1, -0.05) is 11.6 Å². The van der Waals surface area contributed by atoms with Crippen LogP contribution in [0.5, 0.6) is 0 Å². The number of rotatable bonds is 5. The van der Waals surface area contributed by atoms with E-state index < -0.39 is 12.6 Å². The van der Waals surface area contributed by atoms with Gasteiger partial charge in [-0.2, -0.15) is 4.98 Å². The summed E-state index contributed by atoms with van der Waals surface area (Å²) in [4.78, 5) is 34.5. The van der Waals surface area contributed by atoms with Crippen LogP contribution in [0.25, 0.3) is 5.78 Å². The summed E-state index contributed by atoms with van der Waals surface area (Å²) < 4.78 is 7.10. The van der Waals surface area contributed by atoms with Gasteiger partial charge in [0.15, 0.2) is 6.61 Å². The summed E-state index contributed by atoms with van der Waals surface area (Å²) >= 11 is 7.26. The standard InChI is InChI=1S/C15H14ClN5O3S/c1-9-5-6-17-15-18-13(19-21(9)15)14(23)24-8-12(22)20(2)7-10-3-4-11(16)25-10/h3-6H,7-8H2,1-2H3. The summed E-state index contributed by atoms with van der Waals surface area (Å²) in [6.45, 7) is 1.81. The van der Waals surface area contributed by atoms with Crippen molar-refractivity contribution in [3.05, 3.63) is 45.1 Å². The lowest BCUT2D eigenvalue weighted by atomic mass is 10.4. The SMILES string of the molecule is Cc1ccnc2nc(C(=O)OCC(=O)N(C)Cc3ccc(Cl)s3)nn12. The van der Waals surface area contributed by atoms with Crippen molar-refractivity contribution in [3.63, 3.8) is 0 Å². The molecule has 0 unspecified atom stereocenters. The van der Waals surface area contributed by atoms with Gasteiger partial charge in [0.05, 0.1) is 10.9 Å². The second kappa shape index (κ2) is 7.16. The molecule has 3 heterocycles. The first-order chi connectivity index (χ1) is 11.9. The van der Waals surface area contributed by atoms with Crippen LogP contribution in [0.2, 0.25) is 4.34 Å². The van der Waals surface area contributed by atoms with Crippen molar-refractivity contribution in [3.8, 4) is 0 Å². The minimum Gasteiger partial charge on any atom is -0.450 e. The number of amides is 1. The number of halogens is 1. The zero-order chi connectivity index (χ0) is 18.0. The number of thiophene rings is 1. The fraction of sp³-hybridized carbons (Fsp3) is 0.267. The number of aryl methyl sites for hydroxylation is 1. The van der Waals surface area contributed by atoms with E-state index in [2.05, 4.69) is 15.1 Å². The number of fused-ring (bicyclic) bond motifs is 1. The summed E-state index contributed by atoms with van der Waals surface area (Å²) in [5, 5.41) is 4.04. The normalized spacial score (nSPS) is 10.8. The van der Waals surface area contributed by atoms with E-state index >= 15 is 0 Å². The first kappa shape index (κ1) is 17.3. The van der Waals surface area contributed by atoms with Crippen molar-refractivity contribution in [2.45, 2.75) is 13.5 Å². The van der Waals surface area contributed by atoms with Crippen molar-refractivity contribution in [2.24, 2.45) is 0 Å². The van der Waals surface area contributed by atoms with Crippen LogP contribution in [0, 0.1) is 6.92 Å². The number of likely N-dealkylation sites (N-methyl/N-ethyl adjacent to an activating group) is 1. The van der Waals surface area contributed by atoms with Crippen LogP contribution >= 0.6 is 22.9 Å². The predicted octanol–water partition coefficient (Wildman–Crippen LogP) is 1.96. The summed E-state index contributed by atoms with van der Waals surface area (Å²) in [6, 6.07) is 5.36. The van der Waals surface area contributed by atoms with Crippen LogP contribution < -0.4 is 0 Å². The highest BCUT2D eigenvalue weighted by Crippen LogP contribution is 2.22. The topological polar surface area (TPSA) is 89.7 Å². The molecule has 1 amide bonds. The van der Waals surface area contributed by atoms with Crippen LogP contribution in [-0.2, 0) is 16.1 Å². The Hall–Kier alpha value is -2.52. The maximum atomic E-state index is 12.1. The van der Waals surface area contributed by atoms with Crippen molar-refractivity contribution in [2.75, 3.05) is 13.7 Å². The molecular weight excluding hydrogens is 366 g/mol. The Morgan fingerprint density at radius 2 is 2.16 bits per heavy atom. The van der Waals surface area contributed by atoms with E-state index in [1.807, 2.05) is 13.0 Å². The smallest absolute Gasteiger partial charge is 0.378 e. The van der Waals surface area contributed by atoms with Gasteiger partial charge in [0, 0.05) is 23.8 Å². The molecule has 0 saturated heterocycles. The van der Waals surface area contributed by atoms with Crippen molar-refractivity contribution in [1.82, 2.24) is 24.5 Å². The molecule has 0 spiro atoms. The lowest BCUT2D eigenvalue weighted by Gasteiger charge is -2.15. The van der Waals surface area contributed by atoms with Crippen molar-refractivity contribution >= 4 is 40.6 Å². The molecule has 0 aliphatic rings. The fourth-order valence-electron chi connectivity index (χ4n) is 2.05. The number of carbonyl (C=O) groups excluding carboxylic acids is 2. The van der Waals surface area contributed by atoms with Crippen LogP contribution in [0.1, 0.15) is 21.2 Å². The summed E-state index contributed by atoms with van der Waals surface area (Å²) in [5.74, 6) is -0.950. The Labute approximate surface area is 152 Å². The van der Waals surface area contributed by atoms with Crippen LogP contribution in [0.3, 0.4) is 0 Å². The van der Waals surface area contributed by atoms with Crippen molar-refractivity contribution in [1.29, 1.82) is 0 Å². The molecule has 25 heavy (non-hydrogen) atoms. The summed E-state index contributed by atoms with van der Waals surface area (Å²) in [6.07, 6.45) is 1.57. The third-order valence-corrected chi connectivity index (χ3v) is 4.60. The minimum absolute atomic E-state index is 0.137. The second-order valence-corrected chi connectivity index (χ2v) is 7.06. The lowest BCUT2D eigenvalue weighted by molar-refractivity contribution is -0.133. The molecule has 0 bridgehead atoms. The van der Waals surface area contributed by atoms with E-state index in [0.717, 1.165) is 10.6 Å². The van der Waals surface area contributed by atoms with Gasteiger partial charge < -0.3 is 9.64 Å². The molecule has 3 aromatic rings. The van der Waals surface area contributed by atoms with Crippen molar-refractivity contribution < 1.29 is 14.3 Å². The van der Waals surface area contributed by atoms with E-state index in [4.69, 9.17) is 16.3 Å². The Bertz CT molecular complexity index is 938. The second-order valence-electron chi connectivity index (χ2n) is 5.27. The molecule has 0 saturated carbocycles. The zero-order valence-electron chi connectivity index (χ0n) is 13.5. The van der Waals surface area contributed by atoms with Crippen LogP contribution in [-0.4, -0.2) is 50.0 Å². The minimum atomic E-state index is -0.772. The molecule has 0 atom stereocenters. The molecule has 0 aliphatic carbocycles. The largest absolute Gasteiger partial charge is 0.450 e. The first-order valence-corrected chi connectivity index (χ1v) is 8.47. The van der Waals surface area contributed by atoms with E-state index in [1.165, 1.54) is 20.8 Å². The maximum Gasteiger partial charge on any atom is 0.378 e. The Balaban J connectivity index is 1.59. The summed E-state index contributed by atoms with van der Waals surface area (Å²) in [5.41, 5.74) is 0.780. The number of hydrogen-bond acceptors (Lipinski definition) is 7.